The number of fused-ring (bicyclic) bond motifs is 1. The summed E-state index contributed by atoms with van der Waals surface area (Å²) in [4.78, 5) is 4.35. The summed E-state index contributed by atoms with van der Waals surface area (Å²) >= 11 is 0. The minimum atomic E-state index is 0.0669. The number of nitrogens with zero attached hydrogens (tertiary/aromatic N) is 1. The van der Waals surface area contributed by atoms with Crippen LogP contribution >= 0.6 is 0 Å². The van der Waals surface area contributed by atoms with Gasteiger partial charge in [0, 0.05) is 24.2 Å². The number of ether oxygens (including phenoxy) is 2. The first kappa shape index (κ1) is 13.4. The molecule has 0 aliphatic heterocycles. The molecule has 0 aliphatic carbocycles. The summed E-state index contributed by atoms with van der Waals surface area (Å²) in [6, 6.07) is 5.86. The number of pyridine rings is 1. The SMILES string of the molecule is COc1cc2ccnc(NCC(C)N)c2cc1OC. The van der Waals surface area contributed by atoms with Crippen molar-refractivity contribution in [3.63, 3.8) is 0 Å². The van der Waals surface area contributed by atoms with Gasteiger partial charge < -0.3 is 20.5 Å². The number of aromatic nitrogens is 1. The molecule has 3 N–H and O–H groups in total. The minimum absolute atomic E-state index is 0.0669. The van der Waals surface area contributed by atoms with Crippen molar-refractivity contribution < 1.29 is 9.47 Å². The molecule has 2 aromatic rings. The van der Waals surface area contributed by atoms with Crippen LogP contribution in [0.25, 0.3) is 10.8 Å². The Hall–Kier alpha value is -2.01. The summed E-state index contributed by atoms with van der Waals surface area (Å²) < 4.78 is 10.6. The molecule has 0 saturated carbocycles. The van der Waals surface area contributed by atoms with E-state index in [1.807, 2.05) is 25.1 Å². The van der Waals surface area contributed by atoms with E-state index < -0.39 is 0 Å². The fourth-order valence-corrected chi connectivity index (χ4v) is 1.90. The molecule has 1 aromatic carbocycles. The molecule has 2 rings (SSSR count). The normalized spacial score (nSPS) is 12.2. The van der Waals surface area contributed by atoms with Crippen molar-refractivity contribution in [2.24, 2.45) is 5.73 Å². The number of methoxy groups -OCH3 is 2. The number of nitrogens with one attached hydrogen (secondary N) is 1. The molecule has 5 heteroatoms. The predicted molar refractivity (Wildman–Crippen MR) is 77.0 cm³/mol. The van der Waals surface area contributed by atoms with E-state index in [2.05, 4.69) is 10.3 Å². The lowest BCUT2D eigenvalue weighted by atomic mass is 10.1. The first-order chi connectivity index (χ1) is 9.15. The van der Waals surface area contributed by atoms with Crippen molar-refractivity contribution in [3.8, 4) is 11.5 Å². The van der Waals surface area contributed by atoms with Gasteiger partial charge in [-0.2, -0.15) is 0 Å². The van der Waals surface area contributed by atoms with Crippen LogP contribution in [-0.2, 0) is 0 Å². The van der Waals surface area contributed by atoms with Crippen LogP contribution in [0, 0.1) is 0 Å². The smallest absolute Gasteiger partial charge is 0.161 e. The maximum Gasteiger partial charge on any atom is 0.161 e. The van der Waals surface area contributed by atoms with Gasteiger partial charge in [0.15, 0.2) is 11.5 Å². The van der Waals surface area contributed by atoms with E-state index >= 15 is 0 Å². The van der Waals surface area contributed by atoms with Gasteiger partial charge in [0.1, 0.15) is 5.82 Å². The number of hydrogen-bond acceptors (Lipinski definition) is 5. The molecule has 0 aliphatic rings. The molecule has 1 heterocycles. The monoisotopic (exact) mass is 261 g/mol. The quantitative estimate of drug-likeness (QED) is 0.861. The molecule has 0 saturated heterocycles. The largest absolute Gasteiger partial charge is 0.493 e. The minimum Gasteiger partial charge on any atom is -0.493 e. The number of nitrogens with two attached hydrogens (primary N) is 1. The number of benzene rings is 1. The van der Waals surface area contributed by atoms with Crippen molar-refractivity contribution in [1.29, 1.82) is 0 Å². The van der Waals surface area contributed by atoms with E-state index in [9.17, 15) is 0 Å². The molecule has 0 amide bonds. The van der Waals surface area contributed by atoms with Crippen molar-refractivity contribution >= 4 is 16.6 Å². The molecule has 102 valence electrons. The lowest BCUT2D eigenvalue weighted by Crippen LogP contribution is -2.25. The van der Waals surface area contributed by atoms with Crippen molar-refractivity contribution in [1.82, 2.24) is 4.98 Å². The highest BCUT2D eigenvalue weighted by Crippen LogP contribution is 2.34. The van der Waals surface area contributed by atoms with Crippen molar-refractivity contribution in [2.45, 2.75) is 13.0 Å². The molecule has 0 spiro atoms. The maximum atomic E-state index is 5.75. The third kappa shape index (κ3) is 2.88. The van der Waals surface area contributed by atoms with Crippen LogP contribution in [-0.4, -0.2) is 31.8 Å². The number of anilines is 1. The van der Waals surface area contributed by atoms with Crippen molar-refractivity contribution in [3.05, 3.63) is 24.4 Å². The van der Waals surface area contributed by atoms with Gasteiger partial charge in [0.2, 0.25) is 0 Å². The van der Waals surface area contributed by atoms with Gasteiger partial charge in [-0.05, 0) is 30.5 Å². The van der Waals surface area contributed by atoms with Crippen LogP contribution in [0.4, 0.5) is 5.82 Å². The molecular weight excluding hydrogens is 242 g/mol. The van der Waals surface area contributed by atoms with E-state index in [1.165, 1.54) is 0 Å². The highest BCUT2D eigenvalue weighted by Gasteiger charge is 2.09. The molecular formula is C14H19N3O2. The Morgan fingerprint density at radius 2 is 1.95 bits per heavy atom. The van der Waals surface area contributed by atoms with Crippen LogP contribution in [0.15, 0.2) is 24.4 Å². The topological polar surface area (TPSA) is 69.4 Å². The zero-order chi connectivity index (χ0) is 13.8. The van der Waals surface area contributed by atoms with E-state index in [1.54, 1.807) is 20.4 Å². The van der Waals surface area contributed by atoms with Crippen LogP contribution in [0.1, 0.15) is 6.92 Å². The molecule has 0 radical (unpaired) electrons. The van der Waals surface area contributed by atoms with Gasteiger partial charge in [-0.1, -0.05) is 0 Å². The van der Waals surface area contributed by atoms with Gasteiger partial charge in [-0.15, -0.1) is 0 Å². The average Bonchev–Trinajstić information content (AvgIpc) is 2.43. The molecule has 19 heavy (non-hydrogen) atoms. The Morgan fingerprint density at radius 1 is 1.26 bits per heavy atom. The zero-order valence-corrected chi connectivity index (χ0v) is 11.4. The predicted octanol–water partition coefficient (Wildman–Crippen LogP) is 2.01. The first-order valence-corrected chi connectivity index (χ1v) is 6.16. The van der Waals surface area contributed by atoms with Gasteiger partial charge in [-0.3, -0.25) is 0 Å². The van der Waals surface area contributed by atoms with E-state index in [0.717, 1.165) is 16.6 Å². The number of hydrogen-bond donors (Lipinski definition) is 2. The summed E-state index contributed by atoms with van der Waals surface area (Å²) in [7, 11) is 3.25. The van der Waals surface area contributed by atoms with Crippen LogP contribution < -0.4 is 20.5 Å². The Balaban J connectivity index is 2.48. The van der Waals surface area contributed by atoms with Crippen molar-refractivity contribution in [2.75, 3.05) is 26.1 Å². The number of rotatable bonds is 5. The van der Waals surface area contributed by atoms with E-state index in [-0.39, 0.29) is 6.04 Å². The second-order valence-corrected chi connectivity index (χ2v) is 4.45. The summed E-state index contributed by atoms with van der Waals surface area (Å²) in [6.07, 6.45) is 1.76. The summed E-state index contributed by atoms with van der Waals surface area (Å²) in [5.41, 5.74) is 5.75. The molecule has 1 aromatic heterocycles. The summed E-state index contributed by atoms with van der Waals surface area (Å²) in [5.74, 6) is 2.20. The Bertz CT molecular complexity index is 570. The van der Waals surface area contributed by atoms with Crippen LogP contribution in [0.3, 0.4) is 0 Å². The van der Waals surface area contributed by atoms with E-state index in [0.29, 0.717) is 18.0 Å². The van der Waals surface area contributed by atoms with Gasteiger partial charge >= 0.3 is 0 Å². The third-order valence-electron chi connectivity index (χ3n) is 2.86. The van der Waals surface area contributed by atoms with Gasteiger partial charge in [0.05, 0.1) is 14.2 Å². The standard InChI is InChI=1S/C14H19N3O2/c1-9(15)8-17-14-11-7-13(19-3)12(18-2)6-10(11)4-5-16-14/h4-7,9H,8,15H2,1-3H3,(H,16,17). The van der Waals surface area contributed by atoms with E-state index in [4.69, 9.17) is 15.2 Å². The lowest BCUT2D eigenvalue weighted by Gasteiger charge is -2.13. The highest BCUT2D eigenvalue weighted by atomic mass is 16.5. The first-order valence-electron chi connectivity index (χ1n) is 6.16. The molecule has 1 unspecified atom stereocenters. The zero-order valence-electron chi connectivity index (χ0n) is 11.4. The Morgan fingerprint density at radius 3 is 2.58 bits per heavy atom. The Kier molecular flexibility index (Phi) is 4.06. The van der Waals surface area contributed by atoms with Gasteiger partial charge in [0.25, 0.3) is 0 Å². The fourth-order valence-electron chi connectivity index (χ4n) is 1.90. The fraction of sp³-hybridized carbons (Fsp3) is 0.357. The molecule has 1 atom stereocenters. The lowest BCUT2D eigenvalue weighted by molar-refractivity contribution is 0.356. The maximum absolute atomic E-state index is 5.75. The molecule has 5 nitrogen and oxygen atoms in total. The summed E-state index contributed by atoms with van der Waals surface area (Å²) in [6.45, 7) is 2.61. The average molecular weight is 261 g/mol. The molecule has 0 fully saturated rings. The van der Waals surface area contributed by atoms with Crippen LogP contribution in [0.2, 0.25) is 0 Å². The molecule has 0 bridgehead atoms. The van der Waals surface area contributed by atoms with Crippen LogP contribution in [0.5, 0.6) is 11.5 Å². The summed E-state index contributed by atoms with van der Waals surface area (Å²) in [5, 5.41) is 5.27. The Labute approximate surface area is 112 Å². The second kappa shape index (κ2) is 5.75. The van der Waals surface area contributed by atoms with Gasteiger partial charge in [-0.25, -0.2) is 4.98 Å². The third-order valence-corrected chi connectivity index (χ3v) is 2.86. The second-order valence-electron chi connectivity index (χ2n) is 4.45. The highest BCUT2D eigenvalue weighted by molar-refractivity contribution is 5.94.